The normalized spacial score (nSPS) is 16.7. The lowest BCUT2D eigenvalue weighted by Gasteiger charge is -2.27. The lowest BCUT2D eigenvalue weighted by atomic mass is 9.95. The SMILES string of the molecule is CC(NP(=O)(c1ccccc1)c1ccccc1)C1=CCCCC1. The second-order valence-electron chi connectivity index (χ2n) is 6.16. The van der Waals surface area contributed by atoms with Gasteiger partial charge in [0.15, 0.2) is 0 Å². The molecule has 0 aromatic heterocycles. The van der Waals surface area contributed by atoms with Gasteiger partial charge in [-0.05, 0) is 56.9 Å². The van der Waals surface area contributed by atoms with Gasteiger partial charge in [-0.15, -0.1) is 0 Å². The molecular formula is C20H24NOP. The van der Waals surface area contributed by atoms with Crippen LogP contribution in [0.4, 0.5) is 0 Å². The molecule has 0 saturated heterocycles. The predicted molar refractivity (Wildman–Crippen MR) is 98.9 cm³/mol. The molecule has 2 aromatic carbocycles. The van der Waals surface area contributed by atoms with Gasteiger partial charge in [-0.3, -0.25) is 9.65 Å². The van der Waals surface area contributed by atoms with E-state index in [9.17, 15) is 4.57 Å². The van der Waals surface area contributed by atoms with Crippen LogP contribution in [-0.4, -0.2) is 6.04 Å². The highest BCUT2D eigenvalue weighted by molar-refractivity contribution is 7.76. The molecule has 2 nitrogen and oxygen atoms in total. The summed E-state index contributed by atoms with van der Waals surface area (Å²) in [5.41, 5.74) is 1.39. The molecule has 0 amide bonds. The Balaban J connectivity index is 1.96. The highest BCUT2D eigenvalue weighted by atomic mass is 31.2. The molecule has 0 heterocycles. The molecule has 0 saturated carbocycles. The van der Waals surface area contributed by atoms with Gasteiger partial charge in [0.2, 0.25) is 7.29 Å². The molecule has 1 aliphatic carbocycles. The van der Waals surface area contributed by atoms with E-state index in [0.717, 1.165) is 23.5 Å². The third-order valence-electron chi connectivity index (χ3n) is 4.50. The van der Waals surface area contributed by atoms with Crippen molar-refractivity contribution in [3.05, 3.63) is 72.3 Å². The van der Waals surface area contributed by atoms with Crippen molar-refractivity contribution in [1.82, 2.24) is 5.09 Å². The van der Waals surface area contributed by atoms with Gasteiger partial charge in [0, 0.05) is 16.7 Å². The molecule has 1 N–H and O–H groups in total. The topological polar surface area (TPSA) is 29.1 Å². The Morgan fingerprint density at radius 3 is 1.96 bits per heavy atom. The monoisotopic (exact) mass is 325 g/mol. The summed E-state index contributed by atoms with van der Waals surface area (Å²) in [5.74, 6) is 0. The van der Waals surface area contributed by atoms with Crippen LogP contribution in [0.2, 0.25) is 0 Å². The Morgan fingerprint density at radius 2 is 1.48 bits per heavy atom. The number of benzene rings is 2. The van der Waals surface area contributed by atoms with Crippen molar-refractivity contribution in [2.45, 2.75) is 38.6 Å². The minimum Gasteiger partial charge on any atom is -0.297 e. The molecule has 1 atom stereocenters. The van der Waals surface area contributed by atoms with E-state index in [-0.39, 0.29) is 6.04 Å². The third-order valence-corrected chi connectivity index (χ3v) is 7.30. The molecule has 0 fully saturated rings. The molecule has 0 radical (unpaired) electrons. The van der Waals surface area contributed by atoms with Crippen LogP contribution in [0.15, 0.2) is 72.3 Å². The van der Waals surface area contributed by atoms with E-state index in [1.807, 2.05) is 60.7 Å². The quantitative estimate of drug-likeness (QED) is 0.652. The Hall–Kier alpha value is -1.63. The van der Waals surface area contributed by atoms with Crippen LogP contribution in [-0.2, 0) is 4.57 Å². The molecule has 23 heavy (non-hydrogen) atoms. The van der Waals surface area contributed by atoms with E-state index < -0.39 is 7.29 Å². The van der Waals surface area contributed by atoms with Crippen molar-refractivity contribution in [3.8, 4) is 0 Å². The van der Waals surface area contributed by atoms with Gasteiger partial charge in [0.05, 0.1) is 0 Å². The summed E-state index contributed by atoms with van der Waals surface area (Å²) >= 11 is 0. The molecule has 0 spiro atoms. The standard InChI is InChI=1S/C20H24NOP/c1-17(18-11-5-2-6-12-18)21-23(22,19-13-7-3-8-14-19)20-15-9-4-10-16-20/h3-4,7-11,13-17H,2,5-6,12H2,1H3,(H,21,22). The highest BCUT2D eigenvalue weighted by Crippen LogP contribution is 2.40. The molecule has 0 aliphatic heterocycles. The maximum atomic E-state index is 13.9. The van der Waals surface area contributed by atoms with E-state index in [2.05, 4.69) is 18.1 Å². The van der Waals surface area contributed by atoms with Gasteiger partial charge in [-0.2, -0.15) is 0 Å². The van der Waals surface area contributed by atoms with E-state index >= 15 is 0 Å². The fraction of sp³-hybridized carbons (Fsp3) is 0.300. The number of rotatable bonds is 5. The van der Waals surface area contributed by atoms with Crippen molar-refractivity contribution in [2.75, 3.05) is 0 Å². The summed E-state index contributed by atoms with van der Waals surface area (Å²) in [4.78, 5) is 0. The molecule has 2 aromatic rings. The van der Waals surface area contributed by atoms with E-state index in [1.54, 1.807) is 0 Å². The number of hydrogen-bond acceptors (Lipinski definition) is 1. The second kappa shape index (κ2) is 7.29. The van der Waals surface area contributed by atoms with Crippen LogP contribution >= 0.6 is 7.29 Å². The van der Waals surface area contributed by atoms with E-state index in [1.165, 1.54) is 18.4 Å². The summed E-state index contributed by atoms with van der Waals surface area (Å²) in [5, 5.41) is 5.22. The predicted octanol–water partition coefficient (Wildman–Crippen LogP) is 4.39. The summed E-state index contributed by atoms with van der Waals surface area (Å²) < 4.78 is 13.9. The van der Waals surface area contributed by atoms with Crippen LogP contribution in [0.3, 0.4) is 0 Å². The van der Waals surface area contributed by atoms with Gasteiger partial charge in [-0.25, -0.2) is 0 Å². The summed E-state index contributed by atoms with van der Waals surface area (Å²) in [6.45, 7) is 2.13. The van der Waals surface area contributed by atoms with Crippen molar-refractivity contribution in [1.29, 1.82) is 0 Å². The van der Waals surface area contributed by atoms with Gasteiger partial charge in [0.1, 0.15) is 0 Å². The van der Waals surface area contributed by atoms with Gasteiger partial charge in [0.25, 0.3) is 0 Å². The van der Waals surface area contributed by atoms with Crippen molar-refractivity contribution in [2.24, 2.45) is 0 Å². The number of allylic oxidation sites excluding steroid dienone is 1. The number of hydrogen-bond donors (Lipinski definition) is 1. The van der Waals surface area contributed by atoms with Crippen LogP contribution in [0.1, 0.15) is 32.6 Å². The lowest BCUT2D eigenvalue weighted by Crippen LogP contribution is -2.34. The minimum absolute atomic E-state index is 0.126. The zero-order valence-corrected chi connectivity index (χ0v) is 14.5. The van der Waals surface area contributed by atoms with Crippen molar-refractivity contribution < 1.29 is 4.57 Å². The third kappa shape index (κ3) is 3.65. The molecule has 0 bridgehead atoms. The maximum absolute atomic E-state index is 13.9. The average Bonchev–Trinajstić information content (AvgIpc) is 2.64. The van der Waals surface area contributed by atoms with Gasteiger partial charge >= 0.3 is 0 Å². The van der Waals surface area contributed by atoms with Gasteiger partial charge in [-0.1, -0.05) is 48.0 Å². The zero-order chi connectivity index (χ0) is 16.1. The maximum Gasteiger partial charge on any atom is 0.205 e. The molecule has 1 aliphatic rings. The summed E-state index contributed by atoms with van der Waals surface area (Å²) in [6, 6.07) is 19.7. The van der Waals surface area contributed by atoms with Gasteiger partial charge < -0.3 is 0 Å². The van der Waals surface area contributed by atoms with Crippen LogP contribution in [0.5, 0.6) is 0 Å². The molecule has 3 heteroatoms. The first kappa shape index (κ1) is 16.2. The fourth-order valence-electron chi connectivity index (χ4n) is 3.19. The first-order valence-corrected chi connectivity index (χ1v) is 10.1. The second-order valence-corrected chi connectivity index (χ2v) is 8.67. The Labute approximate surface area is 139 Å². The summed E-state index contributed by atoms with van der Waals surface area (Å²) in [7, 11) is -2.84. The molecule has 1 unspecified atom stereocenters. The smallest absolute Gasteiger partial charge is 0.205 e. The first-order valence-electron chi connectivity index (χ1n) is 8.38. The molecular weight excluding hydrogens is 301 g/mol. The summed E-state index contributed by atoms with van der Waals surface area (Å²) in [6.07, 6.45) is 7.08. The molecule has 3 rings (SSSR count). The van der Waals surface area contributed by atoms with Crippen LogP contribution < -0.4 is 15.7 Å². The Kier molecular flexibility index (Phi) is 5.15. The van der Waals surface area contributed by atoms with E-state index in [0.29, 0.717) is 0 Å². The van der Waals surface area contributed by atoms with Crippen LogP contribution in [0.25, 0.3) is 0 Å². The largest absolute Gasteiger partial charge is 0.297 e. The molecule has 120 valence electrons. The fourth-order valence-corrected chi connectivity index (χ4v) is 5.68. The van der Waals surface area contributed by atoms with Crippen molar-refractivity contribution in [3.63, 3.8) is 0 Å². The van der Waals surface area contributed by atoms with E-state index in [4.69, 9.17) is 0 Å². The lowest BCUT2D eigenvalue weighted by molar-refractivity contribution is 0.565. The number of nitrogens with one attached hydrogen (secondary N) is 1. The average molecular weight is 325 g/mol. The minimum atomic E-state index is -2.84. The van der Waals surface area contributed by atoms with Crippen molar-refractivity contribution >= 4 is 17.9 Å². The highest BCUT2D eigenvalue weighted by Gasteiger charge is 2.29. The Morgan fingerprint density at radius 1 is 0.913 bits per heavy atom. The first-order chi connectivity index (χ1) is 11.2. The van der Waals surface area contributed by atoms with Crippen LogP contribution in [0, 0.1) is 0 Å². The Bertz CT molecular complexity index is 665. The zero-order valence-electron chi connectivity index (χ0n) is 13.6.